The zero-order chi connectivity index (χ0) is 7.61. The predicted octanol–water partition coefficient (Wildman–Crippen LogP) is 1.84. The molecule has 0 aliphatic carbocycles. The number of hydrogen-bond donors (Lipinski definition) is 0. The van der Waals surface area contributed by atoms with Crippen molar-refractivity contribution in [1.29, 1.82) is 0 Å². The van der Waals surface area contributed by atoms with Gasteiger partial charge in [0.25, 0.3) is 0 Å². The Morgan fingerprint density at radius 3 is 2.70 bits per heavy atom. The lowest BCUT2D eigenvalue weighted by atomic mass is 10.9. The first-order valence-electron chi connectivity index (χ1n) is 2.15. The highest BCUT2D eigenvalue weighted by Gasteiger charge is 2.31. The van der Waals surface area contributed by atoms with Crippen LogP contribution in [-0.4, -0.2) is 11.3 Å². The maximum absolute atomic E-state index is 11.3. The molecule has 1 aromatic heterocycles. The monoisotopic (exact) mass is 168 g/mol. The van der Waals surface area contributed by atoms with Crippen molar-refractivity contribution in [3.05, 3.63) is 10.9 Å². The second kappa shape index (κ2) is 2.45. The predicted molar refractivity (Wildman–Crippen MR) is 27.6 cm³/mol. The fourth-order valence-electron chi connectivity index (χ4n) is 0.334. The zero-order valence-electron chi connectivity index (χ0n) is 4.47. The number of hydrogen-bond acceptors (Lipinski definition) is 3. The van der Waals surface area contributed by atoms with Gasteiger partial charge in [0.2, 0.25) is 5.88 Å². The van der Waals surface area contributed by atoms with Crippen LogP contribution in [0.5, 0.6) is 5.88 Å². The first-order valence-corrected chi connectivity index (χ1v) is 3.03. The van der Waals surface area contributed by atoms with Crippen LogP contribution in [0, 0.1) is 5.38 Å². The molecular formula is C4HF3NOS. The Balaban J connectivity index is 2.57. The van der Waals surface area contributed by atoms with Crippen LogP contribution in [0.4, 0.5) is 13.2 Å². The number of ether oxygens (including phenoxy) is 1. The van der Waals surface area contributed by atoms with Gasteiger partial charge in [-0.3, -0.25) is 0 Å². The summed E-state index contributed by atoms with van der Waals surface area (Å²) < 4.78 is 37.4. The molecule has 55 valence electrons. The summed E-state index contributed by atoms with van der Waals surface area (Å²) in [4.78, 5) is 3.22. The minimum atomic E-state index is -4.66. The highest BCUT2D eigenvalue weighted by molar-refractivity contribution is 7.07. The second-order valence-electron chi connectivity index (χ2n) is 1.31. The van der Waals surface area contributed by atoms with E-state index in [1.54, 1.807) is 0 Å². The van der Waals surface area contributed by atoms with E-state index in [1.807, 2.05) is 0 Å². The van der Waals surface area contributed by atoms with Crippen LogP contribution < -0.4 is 4.74 Å². The highest BCUT2D eigenvalue weighted by Crippen LogP contribution is 2.20. The largest absolute Gasteiger partial charge is 0.574 e. The molecule has 0 bridgehead atoms. The molecule has 0 saturated carbocycles. The van der Waals surface area contributed by atoms with Crippen molar-refractivity contribution in [2.75, 3.05) is 0 Å². The van der Waals surface area contributed by atoms with E-state index in [0.717, 1.165) is 11.3 Å². The molecule has 0 atom stereocenters. The van der Waals surface area contributed by atoms with Crippen LogP contribution in [0.1, 0.15) is 0 Å². The van der Waals surface area contributed by atoms with Crippen molar-refractivity contribution >= 4 is 11.3 Å². The van der Waals surface area contributed by atoms with E-state index in [2.05, 4.69) is 15.1 Å². The van der Waals surface area contributed by atoms with Gasteiger partial charge in [0.05, 0.1) is 5.51 Å². The van der Waals surface area contributed by atoms with Crippen LogP contribution >= 0.6 is 11.3 Å². The molecule has 0 amide bonds. The van der Waals surface area contributed by atoms with Crippen LogP contribution in [-0.2, 0) is 0 Å². The topological polar surface area (TPSA) is 22.1 Å². The summed E-state index contributed by atoms with van der Waals surface area (Å²) in [6.45, 7) is 0. The summed E-state index contributed by atoms with van der Waals surface area (Å²) in [5, 5.41) is 2.18. The third-order valence-corrected chi connectivity index (χ3v) is 1.08. The van der Waals surface area contributed by atoms with Crippen molar-refractivity contribution in [3.8, 4) is 5.88 Å². The average molecular weight is 168 g/mol. The Bertz CT molecular complexity index is 195. The number of halogens is 3. The maximum atomic E-state index is 11.3. The number of nitrogens with zero attached hydrogens (tertiary/aromatic N) is 1. The van der Waals surface area contributed by atoms with Gasteiger partial charge in [-0.05, 0) is 0 Å². The third-order valence-electron chi connectivity index (χ3n) is 0.581. The van der Waals surface area contributed by atoms with Crippen LogP contribution in [0.2, 0.25) is 0 Å². The fourth-order valence-corrected chi connectivity index (χ4v) is 0.730. The quantitative estimate of drug-likeness (QED) is 0.638. The van der Waals surface area contributed by atoms with E-state index in [9.17, 15) is 13.2 Å². The van der Waals surface area contributed by atoms with Gasteiger partial charge in [-0.25, -0.2) is 4.98 Å². The lowest BCUT2D eigenvalue weighted by molar-refractivity contribution is -0.276. The Kier molecular flexibility index (Phi) is 1.80. The van der Waals surface area contributed by atoms with Gasteiger partial charge < -0.3 is 4.74 Å². The van der Waals surface area contributed by atoms with E-state index >= 15 is 0 Å². The highest BCUT2D eigenvalue weighted by atomic mass is 32.1. The van der Waals surface area contributed by atoms with Gasteiger partial charge >= 0.3 is 6.36 Å². The van der Waals surface area contributed by atoms with Crippen LogP contribution in [0.15, 0.2) is 5.51 Å². The van der Waals surface area contributed by atoms with Gasteiger partial charge in [0, 0.05) is 0 Å². The van der Waals surface area contributed by atoms with Gasteiger partial charge in [-0.2, -0.15) is 0 Å². The minimum Gasteiger partial charge on any atom is -0.386 e. The first kappa shape index (κ1) is 7.33. The number of rotatable bonds is 1. The van der Waals surface area contributed by atoms with Gasteiger partial charge in [-0.15, -0.1) is 24.5 Å². The average Bonchev–Trinajstić information content (AvgIpc) is 2.12. The summed E-state index contributed by atoms with van der Waals surface area (Å²) in [5.41, 5.74) is 1.21. The Morgan fingerprint density at radius 2 is 2.30 bits per heavy atom. The lowest BCUT2D eigenvalue weighted by Crippen LogP contribution is -2.17. The SMILES string of the molecule is FC(F)(F)Oc1[c]scn1. The van der Waals surface area contributed by atoms with Crippen molar-refractivity contribution in [2.45, 2.75) is 6.36 Å². The molecule has 2 nitrogen and oxygen atoms in total. The standard InChI is InChI=1S/C4HF3NOS/c5-4(6,7)9-3-1-10-2-8-3/h2H. The molecule has 1 aromatic rings. The van der Waals surface area contributed by atoms with Crippen molar-refractivity contribution in [3.63, 3.8) is 0 Å². The second-order valence-corrected chi connectivity index (χ2v) is 1.96. The molecule has 0 N–H and O–H groups in total. The molecule has 0 aromatic carbocycles. The molecule has 0 unspecified atom stereocenters. The summed E-state index contributed by atoms with van der Waals surface area (Å²) in [6, 6.07) is 0. The van der Waals surface area contributed by atoms with E-state index in [0.29, 0.717) is 0 Å². The maximum Gasteiger partial charge on any atom is 0.574 e. The molecule has 0 saturated heterocycles. The normalized spacial score (nSPS) is 11.5. The summed E-state index contributed by atoms with van der Waals surface area (Å²) in [6.07, 6.45) is -4.66. The van der Waals surface area contributed by atoms with E-state index in [4.69, 9.17) is 0 Å². The number of thiazole rings is 1. The van der Waals surface area contributed by atoms with E-state index in [1.165, 1.54) is 5.51 Å². The van der Waals surface area contributed by atoms with Crippen molar-refractivity contribution in [2.24, 2.45) is 0 Å². The fraction of sp³-hybridized carbons (Fsp3) is 0.250. The van der Waals surface area contributed by atoms with E-state index < -0.39 is 12.2 Å². The molecule has 0 fully saturated rings. The third kappa shape index (κ3) is 2.22. The van der Waals surface area contributed by atoms with Gasteiger partial charge in [0.15, 0.2) is 0 Å². The molecule has 10 heavy (non-hydrogen) atoms. The first-order chi connectivity index (χ1) is 4.58. The smallest absolute Gasteiger partial charge is 0.386 e. The van der Waals surface area contributed by atoms with Crippen molar-refractivity contribution < 1.29 is 17.9 Å². The number of aromatic nitrogens is 1. The summed E-state index contributed by atoms with van der Waals surface area (Å²) >= 11 is 0.919. The molecule has 1 heterocycles. The molecule has 0 spiro atoms. The summed E-state index contributed by atoms with van der Waals surface area (Å²) in [7, 11) is 0. The molecule has 6 heteroatoms. The summed E-state index contributed by atoms with van der Waals surface area (Å²) in [5.74, 6) is -0.530. The van der Waals surface area contributed by atoms with Gasteiger partial charge in [0.1, 0.15) is 5.38 Å². The molecule has 0 aliphatic heterocycles. The Hall–Kier alpha value is -0.780. The van der Waals surface area contributed by atoms with Crippen LogP contribution in [0.25, 0.3) is 0 Å². The van der Waals surface area contributed by atoms with Crippen LogP contribution in [0.3, 0.4) is 0 Å². The molecule has 1 radical (unpaired) electrons. The zero-order valence-corrected chi connectivity index (χ0v) is 5.29. The Morgan fingerprint density at radius 1 is 1.60 bits per heavy atom. The van der Waals surface area contributed by atoms with E-state index in [-0.39, 0.29) is 0 Å². The Labute approximate surface area is 58.3 Å². The number of alkyl halides is 3. The van der Waals surface area contributed by atoms with Crippen molar-refractivity contribution in [1.82, 2.24) is 4.98 Å². The minimum absolute atomic E-state index is 0.530. The molecule has 0 aliphatic rings. The molecular weight excluding hydrogens is 167 g/mol. The molecule has 1 rings (SSSR count). The van der Waals surface area contributed by atoms with Gasteiger partial charge in [-0.1, -0.05) is 0 Å². The lowest BCUT2D eigenvalue weighted by Gasteiger charge is -2.03.